The van der Waals surface area contributed by atoms with Crippen LogP contribution >= 0.6 is 27.3 Å². The summed E-state index contributed by atoms with van der Waals surface area (Å²) in [5.41, 5.74) is 1.50. The molecule has 92 valence electrons. The summed E-state index contributed by atoms with van der Waals surface area (Å²) in [7, 11) is 0. The third kappa shape index (κ3) is 3.30. The highest BCUT2D eigenvalue weighted by Crippen LogP contribution is 2.32. The van der Waals surface area contributed by atoms with Crippen LogP contribution in [-0.2, 0) is 6.42 Å². The van der Waals surface area contributed by atoms with E-state index in [-0.39, 0.29) is 0 Å². The van der Waals surface area contributed by atoms with Crippen molar-refractivity contribution in [2.24, 2.45) is 0 Å². The molecule has 0 aliphatic rings. The van der Waals surface area contributed by atoms with Crippen molar-refractivity contribution in [2.45, 2.75) is 26.2 Å². The summed E-state index contributed by atoms with van der Waals surface area (Å²) in [6, 6.07) is 6.48. The predicted molar refractivity (Wildman–Crippen MR) is 81.0 cm³/mol. The monoisotopic (exact) mass is 311 g/mol. The zero-order valence-corrected chi connectivity index (χ0v) is 12.5. The van der Waals surface area contributed by atoms with Crippen LogP contribution in [-0.4, -0.2) is 13.1 Å². The molecule has 0 saturated carbocycles. The van der Waals surface area contributed by atoms with Gasteiger partial charge in [0.2, 0.25) is 0 Å². The second-order valence-electron chi connectivity index (χ2n) is 4.19. The first-order chi connectivity index (χ1) is 8.33. The molecular weight excluding hydrogens is 294 g/mol. The van der Waals surface area contributed by atoms with Crippen LogP contribution in [0.25, 0.3) is 10.1 Å². The molecule has 0 aliphatic heterocycles. The second-order valence-corrected chi connectivity index (χ2v) is 5.92. The first-order valence-electron chi connectivity index (χ1n) is 6.18. The fourth-order valence-electron chi connectivity index (χ4n) is 2.01. The van der Waals surface area contributed by atoms with E-state index in [2.05, 4.69) is 51.7 Å². The molecule has 0 amide bonds. The van der Waals surface area contributed by atoms with Gasteiger partial charge in [-0.05, 0) is 70.7 Å². The maximum atomic E-state index is 3.61. The average molecular weight is 312 g/mol. The maximum Gasteiger partial charge on any atom is 0.0487 e. The molecule has 1 nitrogen and oxygen atoms in total. The SMILES string of the molecule is CCNCCCCc1csc2c(Br)cccc12. The van der Waals surface area contributed by atoms with Crippen LogP contribution in [0.4, 0.5) is 0 Å². The quantitative estimate of drug-likeness (QED) is 0.769. The lowest BCUT2D eigenvalue weighted by molar-refractivity contribution is 0.642. The van der Waals surface area contributed by atoms with Gasteiger partial charge >= 0.3 is 0 Å². The van der Waals surface area contributed by atoms with E-state index in [1.807, 2.05) is 11.3 Å². The van der Waals surface area contributed by atoms with E-state index in [4.69, 9.17) is 0 Å². The van der Waals surface area contributed by atoms with E-state index in [1.165, 1.54) is 39.4 Å². The van der Waals surface area contributed by atoms with Crippen LogP contribution in [0.5, 0.6) is 0 Å². The van der Waals surface area contributed by atoms with Gasteiger partial charge in [-0.2, -0.15) is 0 Å². The van der Waals surface area contributed by atoms with Gasteiger partial charge < -0.3 is 5.32 Å². The molecule has 1 aromatic carbocycles. The fraction of sp³-hybridized carbons (Fsp3) is 0.429. The largest absolute Gasteiger partial charge is 0.317 e. The number of rotatable bonds is 6. The maximum absolute atomic E-state index is 3.61. The Morgan fingerprint density at radius 2 is 2.18 bits per heavy atom. The van der Waals surface area contributed by atoms with E-state index in [1.54, 1.807) is 0 Å². The molecule has 0 atom stereocenters. The summed E-state index contributed by atoms with van der Waals surface area (Å²) in [5.74, 6) is 0. The molecular formula is C14H18BrNS. The van der Waals surface area contributed by atoms with Crippen molar-refractivity contribution in [1.82, 2.24) is 5.32 Å². The Kier molecular flexibility index (Phi) is 5.01. The normalized spacial score (nSPS) is 11.2. The van der Waals surface area contributed by atoms with Crippen molar-refractivity contribution >= 4 is 37.4 Å². The molecule has 0 radical (unpaired) electrons. The number of hydrogen-bond acceptors (Lipinski definition) is 2. The lowest BCUT2D eigenvalue weighted by Gasteiger charge is -2.02. The summed E-state index contributed by atoms with van der Waals surface area (Å²) in [5, 5.41) is 7.10. The van der Waals surface area contributed by atoms with Crippen LogP contribution in [0.15, 0.2) is 28.1 Å². The van der Waals surface area contributed by atoms with Crippen LogP contribution < -0.4 is 5.32 Å². The van der Waals surface area contributed by atoms with Gasteiger partial charge in [-0.1, -0.05) is 19.1 Å². The first kappa shape index (κ1) is 13.1. The molecule has 3 heteroatoms. The van der Waals surface area contributed by atoms with E-state index in [0.29, 0.717) is 0 Å². The molecule has 1 N–H and O–H groups in total. The number of unbranched alkanes of at least 4 members (excludes halogenated alkanes) is 1. The van der Waals surface area contributed by atoms with E-state index >= 15 is 0 Å². The molecule has 0 saturated heterocycles. The van der Waals surface area contributed by atoms with Crippen LogP contribution in [0.2, 0.25) is 0 Å². The standard InChI is InChI=1S/C14H18BrNS/c1-2-16-9-4-3-6-11-10-17-14-12(11)7-5-8-13(14)15/h5,7-8,10,16H,2-4,6,9H2,1H3. The van der Waals surface area contributed by atoms with Crippen molar-refractivity contribution < 1.29 is 0 Å². The molecule has 0 bridgehead atoms. The van der Waals surface area contributed by atoms with Gasteiger partial charge in [0.15, 0.2) is 0 Å². The second kappa shape index (κ2) is 6.53. The predicted octanol–water partition coefficient (Wildman–Crippen LogP) is 4.60. The Balaban J connectivity index is 1.97. The highest BCUT2D eigenvalue weighted by atomic mass is 79.9. The van der Waals surface area contributed by atoms with Crippen molar-refractivity contribution in [3.8, 4) is 0 Å². The zero-order valence-electron chi connectivity index (χ0n) is 10.1. The summed E-state index contributed by atoms with van der Waals surface area (Å²) in [6.45, 7) is 4.38. The van der Waals surface area contributed by atoms with Gasteiger partial charge in [0, 0.05) is 9.17 Å². The summed E-state index contributed by atoms with van der Waals surface area (Å²) >= 11 is 5.46. The molecule has 0 unspecified atom stereocenters. The molecule has 0 spiro atoms. The van der Waals surface area contributed by atoms with Crippen LogP contribution in [0.1, 0.15) is 25.3 Å². The van der Waals surface area contributed by atoms with Crippen molar-refractivity contribution in [1.29, 1.82) is 0 Å². The van der Waals surface area contributed by atoms with E-state index < -0.39 is 0 Å². The van der Waals surface area contributed by atoms with E-state index in [0.717, 1.165) is 13.1 Å². The Morgan fingerprint density at radius 1 is 1.29 bits per heavy atom. The summed E-state index contributed by atoms with van der Waals surface area (Å²) in [4.78, 5) is 0. The van der Waals surface area contributed by atoms with Gasteiger partial charge in [0.25, 0.3) is 0 Å². The Morgan fingerprint density at radius 3 is 3.00 bits per heavy atom. The topological polar surface area (TPSA) is 12.0 Å². The lowest BCUT2D eigenvalue weighted by atomic mass is 10.1. The molecule has 1 heterocycles. The van der Waals surface area contributed by atoms with Crippen LogP contribution in [0, 0.1) is 0 Å². The highest BCUT2D eigenvalue weighted by Gasteiger charge is 2.05. The number of benzene rings is 1. The highest BCUT2D eigenvalue weighted by molar-refractivity contribution is 9.10. The minimum atomic E-state index is 1.08. The molecule has 1 aromatic heterocycles. The van der Waals surface area contributed by atoms with E-state index in [9.17, 15) is 0 Å². The smallest absolute Gasteiger partial charge is 0.0487 e. The van der Waals surface area contributed by atoms with Gasteiger partial charge in [-0.15, -0.1) is 11.3 Å². The van der Waals surface area contributed by atoms with Gasteiger partial charge in [0.1, 0.15) is 0 Å². The zero-order chi connectivity index (χ0) is 12.1. The molecule has 0 fully saturated rings. The molecule has 17 heavy (non-hydrogen) atoms. The van der Waals surface area contributed by atoms with Gasteiger partial charge in [0.05, 0.1) is 0 Å². The fourth-order valence-corrected chi connectivity index (χ4v) is 3.67. The van der Waals surface area contributed by atoms with Crippen molar-refractivity contribution in [2.75, 3.05) is 13.1 Å². The number of nitrogens with one attached hydrogen (secondary N) is 1. The lowest BCUT2D eigenvalue weighted by Crippen LogP contribution is -2.13. The van der Waals surface area contributed by atoms with Gasteiger partial charge in [-0.25, -0.2) is 0 Å². The van der Waals surface area contributed by atoms with Crippen molar-refractivity contribution in [3.63, 3.8) is 0 Å². The number of aryl methyl sites for hydroxylation is 1. The Bertz CT molecular complexity index is 478. The molecule has 0 aliphatic carbocycles. The van der Waals surface area contributed by atoms with Gasteiger partial charge in [-0.3, -0.25) is 0 Å². The number of thiophene rings is 1. The minimum Gasteiger partial charge on any atom is -0.317 e. The number of fused-ring (bicyclic) bond motifs is 1. The minimum absolute atomic E-state index is 1.08. The summed E-state index contributed by atoms with van der Waals surface area (Å²) < 4.78 is 2.60. The number of halogens is 1. The average Bonchev–Trinajstić information content (AvgIpc) is 2.74. The van der Waals surface area contributed by atoms with Crippen LogP contribution in [0.3, 0.4) is 0 Å². The third-order valence-electron chi connectivity index (χ3n) is 2.93. The number of hydrogen-bond donors (Lipinski definition) is 1. The Hall–Kier alpha value is -0.380. The first-order valence-corrected chi connectivity index (χ1v) is 7.85. The van der Waals surface area contributed by atoms with Crippen molar-refractivity contribution in [3.05, 3.63) is 33.6 Å². The Labute approximate surface area is 115 Å². The molecule has 2 rings (SSSR count). The summed E-state index contributed by atoms with van der Waals surface area (Å²) in [6.07, 6.45) is 3.73. The third-order valence-corrected chi connectivity index (χ3v) is 4.93. The molecule has 2 aromatic rings.